The number of sulfone groups is 1. The van der Waals surface area contributed by atoms with Crippen LogP contribution in [0.1, 0.15) is 24.3 Å². The van der Waals surface area contributed by atoms with E-state index in [9.17, 15) is 18.0 Å². The van der Waals surface area contributed by atoms with Gasteiger partial charge < -0.3 is 14.3 Å². The third-order valence-electron chi connectivity index (χ3n) is 4.37. The zero-order valence-corrected chi connectivity index (χ0v) is 13.8. The Labute approximate surface area is 134 Å². The number of carbonyl (C=O) groups is 2. The van der Waals surface area contributed by atoms with E-state index in [2.05, 4.69) is 9.68 Å². The van der Waals surface area contributed by atoms with E-state index >= 15 is 0 Å². The third kappa shape index (κ3) is 2.85. The second-order valence-electron chi connectivity index (χ2n) is 6.28. The van der Waals surface area contributed by atoms with Crippen LogP contribution in [-0.2, 0) is 14.6 Å². The monoisotopic (exact) mass is 341 g/mol. The molecule has 0 N–H and O–H groups in total. The highest BCUT2D eigenvalue weighted by Crippen LogP contribution is 2.29. The van der Waals surface area contributed by atoms with Crippen LogP contribution in [0.15, 0.2) is 16.9 Å². The summed E-state index contributed by atoms with van der Waals surface area (Å²) < 4.78 is 28.8. The average molecular weight is 341 g/mol. The summed E-state index contributed by atoms with van der Waals surface area (Å²) in [4.78, 5) is 28.0. The summed E-state index contributed by atoms with van der Waals surface area (Å²) in [6.45, 7) is 4.19. The maximum Gasteiger partial charge on any atom is 0.276 e. The zero-order valence-electron chi connectivity index (χ0n) is 13.0. The molecule has 2 aliphatic heterocycles. The lowest BCUT2D eigenvalue weighted by molar-refractivity contribution is -0.139. The van der Waals surface area contributed by atoms with Crippen molar-refractivity contribution in [1.82, 2.24) is 15.0 Å². The van der Waals surface area contributed by atoms with Crippen molar-refractivity contribution in [2.45, 2.75) is 25.9 Å². The summed E-state index contributed by atoms with van der Waals surface area (Å²) in [7, 11) is -3.29. The van der Waals surface area contributed by atoms with Crippen LogP contribution in [0, 0.1) is 5.92 Å². The molecule has 0 bridgehead atoms. The lowest BCUT2D eigenvalue weighted by Crippen LogP contribution is -2.62. The standard InChI is InChI=1S/C14H19N3O5S/c1-9(2)13(18)16-4-5-17(14(19)10-3-6-22-15-10)12-8-23(20,21)7-11(12)16/h3,6,9,11-12H,4-5,7-8H2,1-2H3/t11-,12+/m0/s1. The lowest BCUT2D eigenvalue weighted by atomic mass is 10.0. The van der Waals surface area contributed by atoms with Gasteiger partial charge in [-0.1, -0.05) is 19.0 Å². The molecule has 0 radical (unpaired) electrons. The Morgan fingerprint density at radius 1 is 1.22 bits per heavy atom. The molecule has 1 aromatic rings. The molecule has 0 aromatic carbocycles. The first kappa shape index (κ1) is 16.0. The maximum absolute atomic E-state index is 12.5. The Morgan fingerprint density at radius 3 is 2.39 bits per heavy atom. The smallest absolute Gasteiger partial charge is 0.276 e. The molecule has 0 unspecified atom stereocenters. The number of nitrogens with zero attached hydrogens (tertiary/aromatic N) is 3. The van der Waals surface area contributed by atoms with Crippen molar-refractivity contribution in [3.8, 4) is 0 Å². The molecule has 2 amide bonds. The minimum Gasteiger partial charge on any atom is -0.364 e. The fourth-order valence-electron chi connectivity index (χ4n) is 3.28. The van der Waals surface area contributed by atoms with Gasteiger partial charge in [0.05, 0.1) is 23.6 Å². The first-order chi connectivity index (χ1) is 10.8. The molecule has 23 heavy (non-hydrogen) atoms. The Bertz CT molecular complexity index is 713. The fraction of sp³-hybridized carbons (Fsp3) is 0.643. The Balaban J connectivity index is 1.90. The highest BCUT2D eigenvalue weighted by molar-refractivity contribution is 7.91. The van der Waals surface area contributed by atoms with Crippen molar-refractivity contribution < 1.29 is 22.5 Å². The van der Waals surface area contributed by atoms with E-state index in [0.29, 0.717) is 13.1 Å². The number of rotatable bonds is 2. The van der Waals surface area contributed by atoms with Crippen molar-refractivity contribution >= 4 is 21.7 Å². The summed E-state index contributed by atoms with van der Waals surface area (Å²) >= 11 is 0. The van der Waals surface area contributed by atoms with Crippen LogP contribution in [0.5, 0.6) is 0 Å². The molecular weight excluding hydrogens is 322 g/mol. The quantitative estimate of drug-likeness (QED) is 0.737. The Hall–Kier alpha value is -1.90. The number of carbonyl (C=O) groups excluding carboxylic acids is 2. The molecule has 0 saturated carbocycles. The minimum atomic E-state index is -3.29. The van der Waals surface area contributed by atoms with Crippen molar-refractivity contribution in [1.29, 1.82) is 0 Å². The van der Waals surface area contributed by atoms with Crippen molar-refractivity contribution in [2.24, 2.45) is 5.92 Å². The van der Waals surface area contributed by atoms with Gasteiger partial charge in [0.2, 0.25) is 5.91 Å². The van der Waals surface area contributed by atoms with E-state index in [4.69, 9.17) is 0 Å². The zero-order chi connectivity index (χ0) is 16.8. The van der Waals surface area contributed by atoms with Gasteiger partial charge in [-0.05, 0) is 0 Å². The van der Waals surface area contributed by atoms with Crippen LogP contribution < -0.4 is 0 Å². The van der Waals surface area contributed by atoms with E-state index in [0.717, 1.165) is 0 Å². The van der Waals surface area contributed by atoms with Gasteiger partial charge in [-0.15, -0.1) is 0 Å². The predicted molar refractivity (Wildman–Crippen MR) is 80.3 cm³/mol. The van der Waals surface area contributed by atoms with Crippen molar-refractivity contribution in [2.75, 3.05) is 24.6 Å². The molecular formula is C14H19N3O5S. The SMILES string of the molecule is CC(C)C(=O)N1CCN(C(=O)c2ccon2)[C@@H]2CS(=O)(=O)C[C@@H]21. The van der Waals surface area contributed by atoms with Gasteiger partial charge in [-0.3, -0.25) is 9.59 Å². The summed E-state index contributed by atoms with van der Waals surface area (Å²) in [5, 5.41) is 3.63. The van der Waals surface area contributed by atoms with E-state index in [1.54, 1.807) is 18.7 Å². The van der Waals surface area contributed by atoms with Crippen LogP contribution >= 0.6 is 0 Å². The van der Waals surface area contributed by atoms with Crippen LogP contribution in [0.3, 0.4) is 0 Å². The molecule has 9 heteroatoms. The van der Waals surface area contributed by atoms with Crippen molar-refractivity contribution in [3.05, 3.63) is 18.0 Å². The largest absolute Gasteiger partial charge is 0.364 e. The predicted octanol–water partition coefficient (Wildman–Crippen LogP) is -0.219. The number of amides is 2. The number of hydrogen-bond donors (Lipinski definition) is 0. The van der Waals surface area contributed by atoms with Crippen LogP contribution in [0.25, 0.3) is 0 Å². The number of piperazine rings is 1. The summed E-state index contributed by atoms with van der Waals surface area (Å²) in [6.07, 6.45) is 1.30. The molecule has 2 saturated heterocycles. The number of fused-ring (bicyclic) bond motifs is 1. The minimum absolute atomic E-state index is 0.0781. The second kappa shape index (κ2) is 5.63. The Morgan fingerprint density at radius 2 is 1.83 bits per heavy atom. The maximum atomic E-state index is 12.5. The van der Waals surface area contributed by atoms with E-state index in [1.807, 2.05) is 0 Å². The molecule has 8 nitrogen and oxygen atoms in total. The van der Waals surface area contributed by atoms with Crippen LogP contribution in [0.2, 0.25) is 0 Å². The number of hydrogen-bond acceptors (Lipinski definition) is 6. The summed E-state index contributed by atoms with van der Waals surface area (Å²) in [6, 6.07) is 0.437. The molecule has 0 aliphatic carbocycles. The lowest BCUT2D eigenvalue weighted by Gasteiger charge is -2.44. The molecule has 3 heterocycles. The van der Waals surface area contributed by atoms with Gasteiger partial charge in [0.25, 0.3) is 5.91 Å². The molecule has 2 atom stereocenters. The van der Waals surface area contributed by atoms with E-state index in [-0.39, 0.29) is 34.9 Å². The molecule has 2 fully saturated rings. The van der Waals surface area contributed by atoms with Crippen LogP contribution in [0.4, 0.5) is 0 Å². The van der Waals surface area contributed by atoms with Gasteiger partial charge in [-0.2, -0.15) is 0 Å². The Kier molecular flexibility index (Phi) is 3.91. The topological polar surface area (TPSA) is 101 Å². The highest BCUT2D eigenvalue weighted by Gasteiger charge is 2.49. The van der Waals surface area contributed by atoms with Gasteiger partial charge in [0.15, 0.2) is 15.5 Å². The van der Waals surface area contributed by atoms with Gasteiger partial charge in [0.1, 0.15) is 6.26 Å². The second-order valence-corrected chi connectivity index (χ2v) is 8.43. The molecule has 3 rings (SSSR count). The average Bonchev–Trinajstić information content (AvgIpc) is 3.10. The molecule has 0 spiro atoms. The summed E-state index contributed by atoms with van der Waals surface area (Å²) in [5.74, 6) is -0.869. The fourth-order valence-corrected chi connectivity index (χ4v) is 5.26. The molecule has 126 valence electrons. The van der Waals surface area contributed by atoms with Crippen LogP contribution in [-0.4, -0.2) is 71.9 Å². The molecule has 2 aliphatic rings. The summed E-state index contributed by atoms with van der Waals surface area (Å²) in [5.41, 5.74) is 0.150. The van der Waals surface area contributed by atoms with Gasteiger partial charge in [0, 0.05) is 25.1 Å². The number of aromatic nitrogens is 1. The third-order valence-corrected chi connectivity index (χ3v) is 6.07. The normalized spacial score (nSPS) is 26.4. The van der Waals surface area contributed by atoms with Gasteiger partial charge >= 0.3 is 0 Å². The van der Waals surface area contributed by atoms with Crippen molar-refractivity contribution in [3.63, 3.8) is 0 Å². The highest BCUT2D eigenvalue weighted by atomic mass is 32.2. The van der Waals surface area contributed by atoms with E-state index in [1.165, 1.54) is 17.2 Å². The van der Waals surface area contributed by atoms with E-state index < -0.39 is 21.9 Å². The first-order valence-electron chi connectivity index (χ1n) is 7.52. The first-order valence-corrected chi connectivity index (χ1v) is 9.34. The molecule has 1 aromatic heterocycles. The van der Waals surface area contributed by atoms with Gasteiger partial charge in [-0.25, -0.2) is 8.42 Å².